The molecule has 0 unspecified atom stereocenters. The zero-order valence-electron chi connectivity index (χ0n) is 15.6. The lowest BCUT2D eigenvalue weighted by Gasteiger charge is -2.11. The van der Waals surface area contributed by atoms with Crippen molar-refractivity contribution in [3.05, 3.63) is 46.1 Å². The number of thioether (sulfide) groups is 1. The Bertz CT molecular complexity index is 1020. The van der Waals surface area contributed by atoms with Crippen molar-refractivity contribution in [1.29, 1.82) is 0 Å². The molecular formula is C19H21N3O4S2. The number of para-hydroxylation sites is 2. The van der Waals surface area contributed by atoms with Gasteiger partial charge in [0.2, 0.25) is 5.91 Å². The molecule has 1 aromatic carbocycles. The number of hydrogen-bond donors (Lipinski definition) is 1. The molecule has 0 spiro atoms. The van der Waals surface area contributed by atoms with Gasteiger partial charge in [0.25, 0.3) is 5.56 Å². The molecule has 0 aliphatic rings. The summed E-state index contributed by atoms with van der Waals surface area (Å²) in [4.78, 5) is 29.1. The van der Waals surface area contributed by atoms with Crippen LogP contribution < -0.4 is 20.3 Å². The van der Waals surface area contributed by atoms with E-state index in [2.05, 4.69) is 10.3 Å². The molecule has 0 bridgehead atoms. The van der Waals surface area contributed by atoms with E-state index in [-0.39, 0.29) is 17.2 Å². The predicted molar refractivity (Wildman–Crippen MR) is 112 cm³/mol. The number of carbonyl (C=O) groups excluding carboxylic acids is 1. The van der Waals surface area contributed by atoms with E-state index in [4.69, 9.17) is 9.47 Å². The van der Waals surface area contributed by atoms with Gasteiger partial charge >= 0.3 is 0 Å². The number of fused-ring (bicyclic) bond motifs is 1. The molecule has 28 heavy (non-hydrogen) atoms. The number of nitrogens with zero attached hydrogens (tertiary/aromatic N) is 2. The maximum Gasteiger partial charge on any atom is 0.272 e. The van der Waals surface area contributed by atoms with Gasteiger partial charge in [-0.3, -0.25) is 14.2 Å². The third kappa shape index (κ3) is 4.66. The number of aromatic nitrogens is 2. The summed E-state index contributed by atoms with van der Waals surface area (Å²) in [6.07, 6.45) is 0. The number of methoxy groups -OCH3 is 1. The Kier molecular flexibility index (Phi) is 6.94. The van der Waals surface area contributed by atoms with Crippen LogP contribution in [0.3, 0.4) is 0 Å². The molecule has 0 radical (unpaired) electrons. The van der Waals surface area contributed by atoms with Crippen LogP contribution in [0.15, 0.2) is 45.7 Å². The van der Waals surface area contributed by atoms with Crippen LogP contribution in [0.4, 0.5) is 0 Å². The van der Waals surface area contributed by atoms with Crippen LogP contribution in [-0.4, -0.2) is 41.5 Å². The number of benzene rings is 1. The average Bonchev–Trinajstić information content (AvgIpc) is 3.19. The van der Waals surface area contributed by atoms with Gasteiger partial charge in [-0.1, -0.05) is 23.9 Å². The molecule has 1 N–H and O–H groups in total. The Morgan fingerprint density at radius 1 is 1.29 bits per heavy atom. The van der Waals surface area contributed by atoms with Gasteiger partial charge in [-0.15, -0.1) is 11.3 Å². The Hall–Kier alpha value is -2.52. The molecule has 7 nitrogen and oxygen atoms in total. The molecule has 3 rings (SSSR count). The van der Waals surface area contributed by atoms with Gasteiger partial charge in [0, 0.05) is 6.54 Å². The zero-order valence-corrected chi connectivity index (χ0v) is 17.3. The Morgan fingerprint density at radius 3 is 2.82 bits per heavy atom. The van der Waals surface area contributed by atoms with E-state index in [0.717, 1.165) is 0 Å². The van der Waals surface area contributed by atoms with Gasteiger partial charge in [-0.05, 0) is 30.5 Å². The Morgan fingerprint density at radius 2 is 2.07 bits per heavy atom. The molecule has 0 fully saturated rings. The highest BCUT2D eigenvalue weighted by atomic mass is 32.2. The number of nitrogens with one attached hydrogen (secondary N) is 1. The minimum Gasteiger partial charge on any atom is -0.493 e. The molecule has 9 heteroatoms. The molecule has 2 heterocycles. The quantitative estimate of drug-likeness (QED) is 0.326. The second-order valence-electron chi connectivity index (χ2n) is 5.72. The maximum atomic E-state index is 12.5. The number of amides is 1. The first kappa shape index (κ1) is 20.2. The number of ether oxygens (including phenoxy) is 2. The lowest BCUT2D eigenvalue weighted by atomic mass is 10.3. The summed E-state index contributed by atoms with van der Waals surface area (Å²) in [6, 6.07) is 9.17. The van der Waals surface area contributed by atoms with Gasteiger partial charge < -0.3 is 14.8 Å². The average molecular weight is 420 g/mol. The second-order valence-corrected chi connectivity index (χ2v) is 7.58. The van der Waals surface area contributed by atoms with Gasteiger partial charge in [0.05, 0.1) is 24.9 Å². The van der Waals surface area contributed by atoms with E-state index >= 15 is 0 Å². The first-order chi connectivity index (χ1) is 13.6. The molecule has 0 atom stereocenters. The molecule has 0 aliphatic carbocycles. The van der Waals surface area contributed by atoms with E-state index in [1.165, 1.54) is 23.1 Å². The molecule has 0 saturated heterocycles. The largest absolute Gasteiger partial charge is 0.493 e. The van der Waals surface area contributed by atoms with Crippen LogP contribution in [0.5, 0.6) is 11.5 Å². The van der Waals surface area contributed by atoms with Crippen molar-refractivity contribution in [2.75, 3.05) is 26.0 Å². The molecular weight excluding hydrogens is 398 g/mol. The summed E-state index contributed by atoms with van der Waals surface area (Å²) in [7, 11) is 1.58. The fourth-order valence-electron chi connectivity index (χ4n) is 2.58. The standard InChI is InChI=1S/C19H21N3O4S2/c1-3-22-18(24)17-13(8-11-27-17)21-19(22)28-12-16(23)20-9-10-26-15-7-5-4-6-14(15)25-2/h4-8,11H,3,9-10,12H2,1-2H3,(H,20,23). The zero-order chi connectivity index (χ0) is 19.9. The van der Waals surface area contributed by atoms with Crippen molar-refractivity contribution < 1.29 is 14.3 Å². The summed E-state index contributed by atoms with van der Waals surface area (Å²) >= 11 is 2.64. The Balaban J connectivity index is 1.51. The third-order valence-corrected chi connectivity index (χ3v) is 5.80. The summed E-state index contributed by atoms with van der Waals surface area (Å²) in [5.41, 5.74) is 0.614. The highest BCUT2D eigenvalue weighted by Gasteiger charge is 2.13. The molecule has 1 amide bonds. The molecule has 2 aromatic heterocycles. The first-order valence-electron chi connectivity index (χ1n) is 8.77. The lowest BCUT2D eigenvalue weighted by molar-refractivity contribution is -0.118. The van der Waals surface area contributed by atoms with E-state index < -0.39 is 0 Å². The van der Waals surface area contributed by atoms with E-state index in [1.807, 2.05) is 42.6 Å². The molecule has 3 aromatic rings. The van der Waals surface area contributed by atoms with Gasteiger partial charge in [-0.2, -0.15) is 0 Å². The lowest BCUT2D eigenvalue weighted by Crippen LogP contribution is -2.30. The van der Waals surface area contributed by atoms with Gasteiger partial charge in [0.1, 0.15) is 11.3 Å². The van der Waals surface area contributed by atoms with E-state index in [1.54, 1.807) is 11.7 Å². The molecule has 0 aliphatic heterocycles. The monoisotopic (exact) mass is 419 g/mol. The third-order valence-electron chi connectivity index (χ3n) is 3.93. The summed E-state index contributed by atoms with van der Waals surface area (Å²) in [5.74, 6) is 1.32. The number of rotatable bonds is 9. The molecule has 0 saturated carbocycles. The van der Waals surface area contributed by atoms with Crippen molar-refractivity contribution in [3.8, 4) is 11.5 Å². The van der Waals surface area contributed by atoms with Crippen molar-refractivity contribution in [2.45, 2.75) is 18.6 Å². The van der Waals surface area contributed by atoms with Gasteiger partial charge in [-0.25, -0.2) is 4.98 Å². The van der Waals surface area contributed by atoms with Crippen LogP contribution in [0, 0.1) is 0 Å². The number of hydrogen-bond acceptors (Lipinski definition) is 7. The topological polar surface area (TPSA) is 82.5 Å². The number of thiophene rings is 1. The normalized spacial score (nSPS) is 10.8. The van der Waals surface area contributed by atoms with E-state index in [9.17, 15) is 9.59 Å². The predicted octanol–water partition coefficient (Wildman–Crippen LogP) is 2.77. The maximum absolute atomic E-state index is 12.5. The van der Waals surface area contributed by atoms with Crippen LogP contribution >= 0.6 is 23.1 Å². The van der Waals surface area contributed by atoms with Crippen LogP contribution in [0.25, 0.3) is 10.2 Å². The second kappa shape index (κ2) is 9.61. The van der Waals surface area contributed by atoms with Gasteiger partial charge in [0.15, 0.2) is 16.7 Å². The smallest absolute Gasteiger partial charge is 0.272 e. The summed E-state index contributed by atoms with van der Waals surface area (Å²) in [6.45, 7) is 3.10. The van der Waals surface area contributed by atoms with Crippen LogP contribution in [-0.2, 0) is 11.3 Å². The summed E-state index contributed by atoms with van der Waals surface area (Å²) in [5, 5.41) is 5.21. The minimum atomic E-state index is -0.143. The van der Waals surface area contributed by atoms with Crippen molar-refractivity contribution in [1.82, 2.24) is 14.9 Å². The highest BCUT2D eigenvalue weighted by Crippen LogP contribution is 2.25. The van der Waals surface area contributed by atoms with E-state index in [0.29, 0.717) is 46.6 Å². The van der Waals surface area contributed by atoms with Crippen molar-refractivity contribution >= 4 is 39.2 Å². The first-order valence-corrected chi connectivity index (χ1v) is 10.6. The van der Waals surface area contributed by atoms with Crippen LogP contribution in [0.2, 0.25) is 0 Å². The fraction of sp³-hybridized carbons (Fsp3) is 0.316. The van der Waals surface area contributed by atoms with Crippen molar-refractivity contribution in [3.63, 3.8) is 0 Å². The number of carbonyl (C=O) groups is 1. The van der Waals surface area contributed by atoms with Crippen LogP contribution in [0.1, 0.15) is 6.92 Å². The molecule has 148 valence electrons. The van der Waals surface area contributed by atoms with Crippen molar-refractivity contribution in [2.24, 2.45) is 0 Å². The fourth-order valence-corrected chi connectivity index (χ4v) is 4.25. The SMILES string of the molecule is CCn1c(SCC(=O)NCCOc2ccccc2OC)nc2ccsc2c1=O. The minimum absolute atomic E-state index is 0.0596. The Labute approximate surface area is 170 Å². The summed E-state index contributed by atoms with van der Waals surface area (Å²) < 4.78 is 13.1. The highest BCUT2D eigenvalue weighted by molar-refractivity contribution is 7.99.